The monoisotopic (exact) mass is 222 g/mol. The van der Waals surface area contributed by atoms with Crippen LogP contribution in [-0.2, 0) is 0 Å². The number of amides is 1. The third-order valence-corrected chi connectivity index (χ3v) is 2.24. The van der Waals surface area contributed by atoms with Crippen molar-refractivity contribution in [1.82, 2.24) is 10.3 Å². The SMILES string of the molecule is Cc1cc(C(=O)NCCCC(C)O)ccn1. The average Bonchev–Trinajstić information content (AvgIpc) is 2.24. The fraction of sp³-hybridized carbons (Fsp3) is 0.500. The number of aliphatic hydroxyl groups excluding tert-OH is 1. The van der Waals surface area contributed by atoms with Crippen molar-refractivity contribution in [1.29, 1.82) is 0 Å². The molecule has 0 saturated carbocycles. The Morgan fingerprint density at radius 2 is 2.38 bits per heavy atom. The van der Waals surface area contributed by atoms with E-state index in [0.717, 1.165) is 12.1 Å². The van der Waals surface area contributed by atoms with Gasteiger partial charge in [0.2, 0.25) is 0 Å². The van der Waals surface area contributed by atoms with Gasteiger partial charge in [-0.25, -0.2) is 0 Å². The number of nitrogens with one attached hydrogen (secondary N) is 1. The second-order valence-electron chi connectivity index (χ2n) is 3.93. The van der Waals surface area contributed by atoms with Crippen LogP contribution in [0.4, 0.5) is 0 Å². The van der Waals surface area contributed by atoms with Gasteiger partial charge in [0.25, 0.3) is 5.91 Å². The molecule has 0 fully saturated rings. The molecular formula is C12H18N2O2. The fourth-order valence-corrected chi connectivity index (χ4v) is 1.39. The zero-order valence-electron chi connectivity index (χ0n) is 9.73. The molecule has 0 spiro atoms. The molecule has 1 unspecified atom stereocenters. The summed E-state index contributed by atoms with van der Waals surface area (Å²) in [5, 5.41) is 11.9. The Morgan fingerprint density at radius 1 is 1.62 bits per heavy atom. The number of aromatic nitrogens is 1. The number of aliphatic hydroxyl groups is 1. The van der Waals surface area contributed by atoms with E-state index in [9.17, 15) is 4.79 Å². The summed E-state index contributed by atoms with van der Waals surface area (Å²) in [4.78, 5) is 15.7. The van der Waals surface area contributed by atoms with E-state index >= 15 is 0 Å². The number of hydrogen-bond donors (Lipinski definition) is 2. The molecule has 0 aliphatic carbocycles. The van der Waals surface area contributed by atoms with Gasteiger partial charge in [0.1, 0.15) is 0 Å². The Labute approximate surface area is 95.7 Å². The number of carbonyl (C=O) groups is 1. The molecule has 1 amide bonds. The van der Waals surface area contributed by atoms with Crippen LogP contribution in [0.2, 0.25) is 0 Å². The smallest absolute Gasteiger partial charge is 0.251 e. The topological polar surface area (TPSA) is 62.2 Å². The Morgan fingerprint density at radius 3 is 3.00 bits per heavy atom. The van der Waals surface area contributed by atoms with Gasteiger partial charge in [0.05, 0.1) is 6.10 Å². The van der Waals surface area contributed by atoms with Gasteiger partial charge in [-0.3, -0.25) is 9.78 Å². The Balaban J connectivity index is 2.35. The second kappa shape index (κ2) is 6.23. The first-order chi connectivity index (χ1) is 7.59. The number of hydrogen-bond acceptors (Lipinski definition) is 3. The average molecular weight is 222 g/mol. The van der Waals surface area contributed by atoms with Gasteiger partial charge in [0.15, 0.2) is 0 Å². The van der Waals surface area contributed by atoms with E-state index in [1.807, 2.05) is 6.92 Å². The third-order valence-electron chi connectivity index (χ3n) is 2.24. The predicted molar refractivity (Wildman–Crippen MR) is 62.2 cm³/mol. The zero-order valence-corrected chi connectivity index (χ0v) is 9.73. The molecule has 1 heterocycles. The van der Waals surface area contributed by atoms with Crippen molar-refractivity contribution in [2.45, 2.75) is 32.8 Å². The molecule has 1 aromatic heterocycles. The van der Waals surface area contributed by atoms with Crippen molar-refractivity contribution < 1.29 is 9.90 Å². The fourth-order valence-electron chi connectivity index (χ4n) is 1.39. The van der Waals surface area contributed by atoms with Crippen LogP contribution in [0.5, 0.6) is 0 Å². The Bertz CT molecular complexity index is 351. The first kappa shape index (κ1) is 12.6. The van der Waals surface area contributed by atoms with Gasteiger partial charge in [0, 0.05) is 24.0 Å². The van der Waals surface area contributed by atoms with Crippen molar-refractivity contribution in [2.24, 2.45) is 0 Å². The highest BCUT2D eigenvalue weighted by Gasteiger charge is 2.04. The molecule has 4 nitrogen and oxygen atoms in total. The summed E-state index contributed by atoms with van der Waals surface area (Å²) in [6, 6.07) is 3.45. The maximum atomic E-state index is 11.6. The van der Waals surface area contributed by atoms with Gasteiger partial charge < -0.3 is 10.4 Å². The first-order valence-electron chi connectivity index (χ1n) is 5.48. The summed E-state index contributed by atoms with van der Waals surface area (Å²) in [7, 11) is 0. The molecule has 2 N–H and O–H groups in total. The minimum Gasteiger partial charge on any atom is -0.393 e. The zero-order chi connectivity index (χ0) is 12.0. The summed E-state index contributed by atoms with van der Waals surface area (Å²) >= 11 is 0. The quantitative estimate of drug-likeness (QED) is 0.738. The summed E-state index contributed by atoms with van der Waals surface area (Å²) in [6.07, 6.45) is 2.81. The van der Waals surface area contributed by atoms with Crippen molar-refractivity contribution in [3.8, 4) is 0 Å². The number of carbonyl (C=O) groups excluding carboxylic acids is 1. The molecule has 0 aromatic carbocycles. The molecule has 0 aliphatic heterocycles. The first-order valence-corrected chi connectivity index (χ1v) is 5.48. The van der Waals surface area contributed by atoms with Crippen LogP contribution >= 0.6 is 0 Å². The molecule has 1 rings (SSSR count). The highest BCUT2D eigenvalue weighted by molar-refractivity contribution is 5.94. The van der Waals surface area contributed by atoms with Crippen molar-refractivity contribution in [3.63, 3.8) is 0 Å². The molecule has 0 radical (unpaired) electrons. The van der Waals surface area contributed by atoms with Crippen LogP contribution in [0.15, 0.2) is 18.3 Å². The number of nitrogens with zero attached hydrogens (tertiary/aromatic N) is 1. The normalized spacial score (nSPS) is 12.2. The Hall–Kier alpha value is -1.42. The third kappa shape index (κ3) is 4.40. The summed E-state index contributed by atoms with van der Waals surface area (Å²) in [5.41, 5.74) is 1.46. The van der Waals surface area contributed by atoms with E-state index in [1.165, 1.54) is 0 Å². The molecule has 0 aliphatic rings. The summed E-state index contributed by atoms with van der Waals surface area (Å²) in [6.45, 7) is 4.18. The lowest BCUT2D eigenvalue weighted by Crippen LogP contribution is -2.25. The molecule has 1 atom stereocenters. The van der Waals surface area contributed by atoms with Gasteiger partial charge in [-0.2, -0.15) is 0 Å². The maximum absolute atomic E-state index is 11.6. The van der Waals surface area contributed by atoms with Gasteiger partial charge >= 0.3 is 0 Å². The standard InChI is InChI=1S/C12H18N2O2/c1-9-8-11(5-7-13-9)12(16)14-6-3-4-10(2)15/h5,7-8,10,15H,3-4,6H2,1-2H3,(H,14,16). The molecular weight excluding hydrogens is 204 g/mol. The molecule has 4 heteroatoms. The molecule has 1 aromatic rings. The number of aryl methyl sites for hydroxylation is 1. The largest absolute Gasteiger partial charge is 0.393 e. The molecule has 0 bridgehead atoms. The van der Waals surface area contributed by atoms with E-state index in [0.29, 0.717) is 18.5 Å². The van der Waals surface area contributed by atoms with Crippen LogP contribution in [0.1, 0.15) is 35.8 Å². The lowest BCUT2D eigenvalue weighted by Gasteiger charge is -2.06. The second-order valence-corrected chi connectivity index (χ2v) is 3.93. The predicted octanol–water partition coefficient (Wildman–Crippen LogP) is 1.28. The molecule has 16 heavy (non-hydrogen) atoms. The van der Waals surface area contributed by atoms with E-state index in [-0.39, 0.29) is 12.0 Å². The highest BCUT2D eigenvalue weighted by Crippen LogP contribution is 2.01. The van der Waals surface area contributed by atoms with Crippen LogP contribution in [0, 0.1) is 6.92 Å². The maximum Gasteiger partial charge on any atom is 0.251 e. The van der Waals surface area contributed by atoms with Crippen LogP contribution in [-0.4, -0.2) is 28.6 Å². The minimum absolute atomic E-state index is 0.0870. The minimum atomic E-state index is -0.305. The van der Waals surface area contributed by atoms with Crippen LogP contribution in [0.25, 0.3) is 0 Å². The highest BCUT2D eigenvalue weighted by atomic mass is 16.3. The van der Waals surface area contributed by atoms with Crippen molar-refractivity contribution in [2.75, 3.05) is 6.54 Å². The summed E-state index contributed by atoms with van der Waals surface area (Å²) in [5.74, 6) is -0.0870. The van der Waals surface area contributed by atoms with Crippen LogP contribution < -0.4 is 5.32 Å². The van der Waals surface area contributed by atoms with Crippen molar-refractivity contribution >= 4 is 5.91 Å². The van der Waals surface area contributed by atoms with Gasteiger partial charge in [-0.05, 0) is 38.8 Å². The molecule has 0 saturated heterocycles. The van der Waals surface area contributed by atoms with Gasteiger partial charge in [-0.15, -0.1) is 0 Å². The van der Waals surface area contributed by atoms with E-state index < -0.39 is 0 Å². The molecule has 88 valence electrons. The van der Waals surface area contributed by atoms with Gasteiger partial charge in [-0.1, -0.05) is 0 Å². The van der Waals surface area contributed by atoms with E-state index in [4.69, 9.17) is 5.11 Å². The van der Waals surface area contributed by atoms with Crippen molar-refractivity contribution in [3.05, 3.63) is 29.6 Å². The Kier molecular flexibility index (Phi) is 4.92. The number of pyridine rings is 1. The van der Waals surface area contributed by atoms with E-state index in [1.54, 1.807) is 25.3 Å². The lowest BCUT2D eigenvalue weighted by molar-refractivity contribution is 0.0949. The van der Waals surface area contributed by atoms with E-state index in [2.05, 4.69) is 10.3 Å². The lowest BCUT2D eigenvalue weighted by atomic mass is 10.2. The van der Waals surface area contributed by atoms with Crippen LogP contribution in [0.3, 0.4) is 0 Å². The number of rotatable bonds is 5. The summed E-state index contributed by atoms with van der Waals surface area (Å²) < 4.78 is 0.